The summed E-state index contributed by atoms with van der Waals surface area (Å²) in [6.07, 6.45) is 4.63. The molecule has 0 bridgehead atoms. The molecule has 0 saturated heterocycles. The molecular weight excluding hydrogens is 316 g/mol. The Morgan fingerprint density at radius 3 is 2.79 bits per heavy atom. The first-order valence-electron chi connectivity index (χ1n) is 5.33. The maximum absolute atomic E-state index is 12.0. The van der Waals surface area contributed by atoms with Gasteiger partial charge < -0.3 is 15.0 Å². The molecule has 0 unspecified atom stereocenters. The van der Waals surface area contributed by atoms with Gasteiger partial charge in [-0.05, 0) is 22.0 Å². The number of carbonyl (C=O) groups excluding carboxylic acids is 1. The molecule has 0 aliphatic heterocycles. The van der Waals surface area contributed by atoms with Gasteiger partial charge in [0.05, 0.1) is 11.9 Å². The van der Waals surface area contributed by atoms with E-state index < -0.39 is 5.97 Å². The first kappa shape index (κ1) is 13.3. The van der Waals surface area contributed by atoms with E-state index in [0.29, 0.717) is 11.4 Å². The average Bonchev–Trinajstić information content (AvgIpc) is 2.84. The van der Waals surface area contributed by atoms with E-state index in [4.69, 9.17) is 5.11 Å². The lowest BCUT2D eigenvalue weighted by Crippen LogP contribution is -2.15. The van der Waals surface area contributed by atoms with Crippen LogP contribution in [-0.2, 0) is 18.4 Å². The van der Waals surface area contributed by atoms with Gasteiger partial charge in [-0.1, -0.05) is 0 Å². The number of carboxylic acid groups (broad SMARTS) is 1. The third kappa shape index (κ3) is 3.22. The fraction of sp³-hybridized carbons (Fsp3) is 0.182. The second-order valence-corrected chi connectivity index (χ2v) is 4.84. The van der Waals surface area contributed by atoms with Crippen molar-refractivity contribution < 1.29 is 14.7 Å². The minimum atomic E-state index is -0.993. The smallest absolute Gasteiger partial charge is 0.325 e. The van der Waals surface area contributed by atoms with Crippen LogP contribution < -0.4 is 5.32 Å². The van der Waals surface area contributed by atoms with Gasteiger partial charge in [-0.15, -0.1) is 0 Å². The van der Waals surface area contributed by atoms with Crippen molar-refractivity contribution in [1.29, 1.82) is 0 Å². The topological polar surface area (TPSA) is 89.2 Å². The van der Waals surface area contributed by atoms with Gasteiger partial charge in [-0.25, -0.2) is 0 Å². The molecule has 2 rings (SSSR count). The highest BCUT2D eigenvalue weighted by Gasteiger charge is 2.12. The van der Waals surface area contributed by atoms with E-state index in [0.717, 1.165) is 4.47 Å². The molecule has 2 N–H and O–H groups in total. The summed E-state index contributed by atoms with van der Waals surface area (Å²) < 4.78 is 3.72. The van der Waals surface area contributed by atoms with Gasteiger partial charge in [0.25, 0.3) is 5.91 Å². The monoisotopic (exact) mass is 326 g/mol. The van der Waals surface area contributed by atoms with Crippen LogP contribution in [0.3, 0.4) is 0 Å². The molecule has 0 aliphatic rings. The summed E-state index contributed by atoms with van der Waals surface area (Å²) in [6.45, 7) is -0.244. The first-order chi connectivity index (χ1) is 8.95. The van der Waals surface area contributed by atoms with Crippen LogP contribution in [0, 0.1) is 0 Å². The van der Waals surface area contributed by atoms with Gasteiger partial charge in [0.1, 0.15) is 12.2 Å². The predicted molar refractivity (Wildman–Crippen MR) is 70.9 cm³/mol. The number of hydrogen-bond acceptors (Lipinski definition) is 3. The number of aryl methyl sites for hydroxylation is 1. The van der Waals surface area contributed by atoms with Crippen LogP contribution in [0.15, 0.2) is 29.1 Å². The van der Waals surface area contributed by atoms with Crippen LogP contribution in [0.5, 0.6) is 0 Å². The molecule has 2 aromatic heterocycles. The van der Waals surface area contributed by atoms with E-state index in [1.54, 1.807) is 23.9 Å². The standard InChI is InChI=1S/C11H11BrN4O3/c1-15-4-7(12)2-9(15)11(19)14-8-3-13-16(5-8)6-10(17)18/h2-5H,6H2,1H3,(H,14,19)(H,17,18). The molecule has 0 aliphatic carbocycles. The molecule has 0 fully saturated rings. The third-order valence-corrected chi connectivity index (χ3v) is 2.83. The van der Waals surface area contributed by atoms with Crippen LogP contribution in [-0.4, -0.2) is 31.3 Å². The molecule has 0 atom stereocenters. The van der Waals surface area contributed by atoms with Crippen LogP contribution >= 0.6 is 15.9 Å². The molecule has 8 heteroatoms. The largest absolute Gasteiger partial charge is 0.480 e. The first-order valence-corrected chi connectivity index (χ1v) is 6.12. The SMILES string of the molecule is Cn1cc(Br)cc1C(=O)Nc1cnn(CC(=O)O)c1. The average molecular weight is 327 g/mol. The Balaban J connectivity index is 2.09. The minimum Gasteiger partial charge on any atom is -0.480 e. The number of nitrogens with zero attached hydrogens (tertiary/aromatic N) is 3. The van der Waals surface area contributed by atoms with Crippen molar-refractivity contribution in [2.75, 3.05) is 5.32 Å². The van der Waals surface area contributed by atoms with E-state index in [-0.39, 0.29) is 12.5 Å². The van der Waals surface area contributed by atoms with Gasteiger partial charge in [0.2, 0.25) is 0 Å². The zero-order valence-corrected chi connectivity index (χ0v) is 11.6. The van der Waals surface area contributed by atoms with Crippen LogP contribution in [0.1, 0.15) is 10.5 Å². The van der Waals surface area contributed by atoms with Crippen molar-refractivity contribution in [3.63, 3.8) is 0 Å². The summed E-state index contributed by atoms with van der Waals surface area (Å²) in [5.41, 5.74) is 0.932. The number of carbonyl (C=O) groups is 2. The zero-order chi connectivity index (χ0) is 14.0. The summed E-state index contributed by atoms with van der Waals surface area (Å²) in [5, 5.41) is 15.1. The zero-order valence-electron chi connectivity index (χ0n) is 10.00. The molecule has 19 heavy (non-hydrogen) atoms. The Bertz CT molecular complexity index is 632. The molecule has 1 amide bonds. The summed E-state index contributed by atoms with van der Waals surface area (Å²) in [7, 11) is 1.76. The Labute approximate surface area is 117 Å². The number of aromatic nitrogens is 3. The van der Waals surface area contributed by atoms with E-state index >= 15 is 0 Å². The Morgan fingerprint density at radius 1 is 1.47 bits per heavy atom. The van der Waals surface area contributed by atoms with Crippen molar-refractivity contribution in [3.05, 3.63) is 34.8 Å². The van der Waals surface area contributed by atoms with Crippen LogP contribution in [0.4, 0.5) is 5.69 Å². The Morgan fingerprint density at radius 2 is 2.21 bits per heavy atom. The molecule has 0 aromatic carbocycles. The predicted octanol–water partition coefficient (Wildman–Crippen LogP) is 1.32. The molecular formula is C11H11BrN4O3. The lowest BCUT2D eigenvalue weighted by molar-refractivity contribution is -0.137. The van der Waals surface area contributed by atoms with Crippen LogP contribution in [0.25, 0.3) is 0 Å². The number of hydrogen-bond donors (Lipinski definition) is 2. The summed E-state index contributed by atoms with van der Waals surface area (Å²) in [5.74, 6) is -1.28. The Kier molecular flexibility index (Phi) is 3.70. The number of carboxylic acids is 1. The highest BCUT2D eigenvalue weighted by atomic mass is 79.9. The number of nitrogens with one attached hydrogen (secondary N) is 1. The van der Waals surface area contributed by atoms with Crippen molar-refractivity contribution in [2.45, 2.75) is 6.54 Å². The van der Waals surface area contributed by atoms with Gasteiger partial charge in [0.15, 0.2) is 0 Å². The van der Waals surface area contributed by atoms with E-state index in [1.807, 2.05) is 0 Å². The fourth-order valence-corrected chi connectivity index (χ4v) is 2.12. The van der Waals surface area contributed by atoms with Gasteiger partial charge >= 0.3 is 5.97 Å². The van der Waals surface area contributed by atoms with E-state index in [9.17, 15) is 9.59 Å². The summed E-state index contributed by atoms with van der Waals surface area (Å²) in [4.78, 5) is 22.5. The Hall–Kier alpha value is -2.09. The van der Waals surface area contributed by atoms with Crippen molar-refractivity contribution in [2.24, 2.45) is 7.05 Å². The highest BCUT2D eigenvalue weighted by Crippen LogP contribution is 2.15. The molecule has 7 nitrogen and oxygen atoms in total. The quantitative estimate of drug-likeness (QED) is 0.886. The maximum atomic E-state index is 12.0. The maximum Gasteiger partial charge on any atom is 0.325 e. The molecule has 0 radical (unpaired) electrons. The second kappa shape index (κ2) is 5.27. The summed E-state index contributed by atoms with van der Waals surface area (Å²) >= 11 is 3.29. The fourth-order valence-electron chi connectivity index (χ4n) is 1.60. The second-order valence-electron chi connectivity index (χ2n) is 3.93. The molecule has 2 aromatic rings. The molecule has 100 valence electrons. The molecule has 2 heterocycles. The van der Waals surface area contributed by atoms with Crippen molar-refractivity contribution >= 4 is 33.5 Å². The number of anilines is 1. The normalized spacial score (nSPS) is 10.4. The van der Waals surface area contributed by atoms with E-state index in [1.165, 1.54) is 17.1 Å². The number of rotatable bonds is 4. The molecule has 0 spiro atoms. The lowest BCUT2D eigenvalue weighted by Gasteiger charge is -2.03. The van der Waals surface area contributed by atoms with Gasteiger partial charge in [-0.2, -0.15) is 5.10 Å². The van der Waals surface area contributed by atoms with E-state index in [2.05, 4.69) is 26.3 Å². The summed E-state index contributed by atoms with van der Waals surface area (Å²) in [6, 6.07) is 1.69. The van der Waals surface area contributed by atoms with Gasteiger partial charge in [-0.3, -0.25) is 14.3 Å². The molecule has 0 saturated carbocycles. The van der Waals surface area contributed by atoms with Crippen molar-refractivity contribution in [3.8, 4) is 0 Å². The highest BCUT2D eigenvalue weighted by molar-refractivity contribution is 9.10. The lowest BCUT2D eigenvalue weighted by atomic mass is 10.4. The van der Waals surface area contributed by atoms with Gasteiger partial charge in [0, 0.05) is 23.9 Å². The third-order valence-electron chi connectivity index (χ3n) is 2.39. The number of halogens is 1. The van der Waals surface area contributed by atoms with Crippen molar-refractivity contribution in [1.82, 2.24) is 14.3 Å². The number of amides is 1. The minimum absolute atomic E-state index is 0.244. The van der Waals surface area contributed by atoms with Crippen LogP contribution in [0.2, 0.25) is 0 Å². The number of aliphatic carboxylic acids is 1.